The molecule has 0 aromatic carbocycles. The molecule has 6 nitrogen and oxygen atoms in total. The van der Waals surface area contributed by atoms with Crippen LogP contribution in [0.2, 0.25) is 0 Å². The van der Waals surface area contributed by atoms with Crippen LogP contribution in [0.25, 0.3) is 0 Å². The molecule has 476 valence electrons. The van der Waals surface area contributed by atoms with Crippen LogP contribution in [0.3, 0.4) is 0 Å². The van der Waals surface area contributed by atoms with Gasteiger partial charge in [0, 0.05) is 19.3 Å². The summed E-state index contributed by atoms with van der Waals surface area (Å²) in [7, 11) is 0. The van der Waals surface area contributed by atoms with Gasteiger partial charge in [-0.2, -0.15) is 0 Å². The summed E-state index contributed by atoms with van der Waals surface area (Å²) in [5, 5.41) is 0. The topological polar surface area (TPSA) is 78.9 Å². The fourth-order valence-corrected chi connectivity index (χ4v) is 11.2. The van der Waals surface area contributed by atoms with E-state index in [1.165, 1.54) is 295 Å². The summed E-state index contributed by atoms with van der Waals surface area (Å²) in [5.74, 6) is -0.836. The highest BCUT2D eigenvalue weighted by Crippen LogP contribution is 2.19. The number of esters is 3. The summed E-state index contributed by atoms with van der Waals surface area (Å²) in [6.45, 7) is 6.71. The minimum Gasteiger partial charge on any atom is -0.462 e. The first kappa shape index (κ1) is 78.6. The monoisotopic (exact) mass is 1140 g/mol. The van der Waals surface area contributed by atoms with Crippen LogP contribution in [0.5, 0.6) is 0 Å². The minimum atomic E-state index is -0.771. The van der Waals surface area contributed by atoms with Gasteiger partial charge in [0.2, 0.25) is 0 Å². The Bertz CT molecular complexity index is 1350. The number of allylic oxidation sites excluding steroid dienone is 6. The molecule has 0 saturated carbocycles. The highest BCUT2D eigenvalue weighted by molar-refractivity contribution is 5.71. The van der Waals surface area contributed by atoms with Gasteiger partial charge in [-0.05, 0) is 57.8 Å². The van der Waals surface area contributed by atoms with Crippen molar-refractivity contribution in [3.05, 3.63) is 36.5 Å². The van der Waals surface area contributed by atoms with E-state index >= 15 is 0 Å². The van der Waals surface area contributed by atoms with Gasteiger partial charge in [0.25, 0.3) is 0 Å². The average molecular weight is 1140 g/mol. The zero-order valence-electron chi connectivity index (χ0n) is 54.8. The molecule has 0 radical (unpaired) electrons. The molecule has 0 N–H and O–H groups in total. The number of rotatable bonds is 68. The fourth-order valence-electron chi connectivity index (χ4n) is 11.2. The Morgan fingerprint density at radius 1 is 0.247 bits per heavy atom. The van der Waals surface area contributed by atoms with Crippen molar-refractivity contribution in [2.75, 3.05) is 13.2 Å². The van der Waals surface area contributed by atoms with Crippen LogP contribution in [0, 0.1) is 0 Å². The predicted octanol–water partition coefficient (Wildman–Crippen LogP) is 25.1. The van der Waals surface area contributed by atoms with Crippen LogP contribution >= 0.6 is 0 Å². The molecule has 1 atom stereocenters. The van der Waals surface area contributed by atoms with E-state index in [-0.39, 0.29) is 31.1 Å². The van der Waals surface area contributed by atoms with Crippen molar-refractivity contribution in [1.82, 2.24) is 0 Å². The second-order valence-electron chi connectivity index (χ2n) is 24.9. The summed E-state index contributed by atoms with van der Waals surface area (Å²) in [6, 6.07) is 0. The van der Waals surface area contributed by atoms with E-state index in [0.717, 1.165) is 70.6 Å². The Balaban J connectivity index is 4.30. The summed E-state index contributed by atoms with van der Waals surface area (Å²) in [5.41, 5.74) is 0. The van der Waals surface area contributed by atoms with Crippen molar-refractivity contribution >= 4 is 17.9 Å². The van der Waals surface area contributed by atoms with Crippen LogP contribution in [-0.2, 0) is 28.6 Å². The Kier molecular flexibility index (Phi) is 68.1. The number of hydrogen-bond donors (Lipinski definition) is 0. The van der Waals surface area contributed by atoms with E-state index < -0.39 is 6.10 Å². The highest BCUT2D eigenvalue weighted by Gasteiger charge is 2.19. The van der Waals surface area contributed by atoms with Crippen LogP contribution in [0.1, 0.15) is 406 Å². The van der Waals surface area contributed by atoms with Gasteiger partial charge >= 0.3 is 17.9 Å². The van der Waals surface area contributed by atoms with E-state index in [2.05, 4.69) is 57.2 Å². The number of unbranched alkanes of at least 4 members (excludes halogenated alkanes) is 51. The molecular formula is C75H140O6. The maximum atomic E-state index is 13.0. The number of hydrogen-bond acceptors (Lipinski definition) is 6. The maximum absolute atomic E-state index is 13.0. The minimum absolute atomic E-state index is 0.0667. The normalized spacial score (nSPS) is 12.2. The lowest BCUT2D eigenvalue weighted by molar-refractivity contribution is -0.167. The van der Waals surface area contributed by atoms with Crippen LogP contribution in [-0.4, -0.2) is 37.2 Å². The molecule has 0 heterocycles. The number of carbonyl (C=O) groups is 3. The van der Waals surface area contributed by atoms with Crippen molar-refractivity contribution in [3.8, 4) is 0 Å². The molecule has 0 aliphatic heterocycles. The van der Waals surface area contributed by atoms with Crippen LogP contribution < -0.4 is 0 Å². The Morgan fingerprint density at radius 2 is 0.444 bits per heavy atom. The second-order valence-corrected chi connectivity index (χ2v) is 24.9. The standard InChI is InChI=1S/C75H140O6/c1-4-7-10-13-16-19-22-25-28-31-33-35-36-37-38-40-41-44-47-50-53-56-59-62-65-68-74(77)80-71-72(70-79-73(76)67-64-61-58-55-52-49-46-43-30-27-24-21-18-15-12-9-6-3)81-75(78)69-66-63-60-57-54-51-48-45-42-39-34-32-29-26-23-20-17-14-11-8-5-2/h22,25,31,33,36-37,72H,4-21,23-24,26-30,32,34-35,38-71H2,1-3H3/b25-22-,33-31-,37-36-. The predicted molar refractivity (Wildman–Crippen MR) is 353 cm³/mol. The Labute approximate surface area is 506 Å². The molecular weight excluding hydrogens is 997 g/mol. The van der Waals surface area contributed by atoms with Crippen LogP contribution in [0.4, 0.5) is 0 Å². The van der Waals surface area contributed by atoms with Crippen molar-refractivity contribution in [2.45, 2.75) is 412 Å². The SMILES string of the molecule is CCCCCCC/C=C\C/C=C\C/C=C\CCCCCCCCCCCCC(=O)OCC(COC(=O)CCCCCCCCCCCCCCCCCCC)OC(=O)CCCCCCCCCCCCCCCCCCCCCCC. The Hall–Kier alpha value is -2.37. The maximum Gasteiger partial charge on any atom is 0.306 e. The second kappa shape index (κ2) is 70.1. The van der Waals surface area contributed by atoms with Gasteiger partial charge in [0.15, 0.2) is 6.10 Å². The lowest BCUT2D eigenvalue weighted by Gasteiger charge is -2.18. The first-order valence-corrected chi connectivity index (χ1v) is 36.5. The van der Waals surface area contributed by atoms with Gasteiger partial charge in [-0.1, -0.05) is 365 Å². The van der Waals surface area contributed by atoms with E-state index in [0.29, 0.717) is 19.3 Å². The van der Waals surface area contributed by atoms with Gasteiger partial charge in [-0.25, -0.2) is 0 Å². The van der Waals surface area contributed by atoms with Gasteiger partial charge < -0.3 is 14.2 Å². The van der Waals surface area contributed by atoms with E-state index in [9.17, 15) is 14.4 Å². The smallest absolute Gasteiger partial charge is 0.306 e. The Morgan fingerprint density at radius 3 is 0.691 bits per heavy atom. The quantitative estimate of drug-likeness (QED) is 0.0261. The van der Waals surface area contributed by atoms with Crippen molar-refractivity contribution in [2.24, 2.45) is 0 Å². The molecule has 81 heavy (non-hydrogen) atoms. The first-order valence-electron chi connectivity index (χ1n) is 36.5. The van der Waals surface area contributed by atoms with E-state index in [1.807, 2.05) is 0 Å². The van der Waals surface area contributed by atoms with Gasteiger partial charge in [0.05, 0.1) is 0 Å². The molecule has 0 aliphatic carbocycles. The third-order valence-corrected chi connectivity index (χ3v) is 16.6. The molecule has 0 amide bonds. The van der Waals surface area contributed by atoms with Crippen LogP contribution in [0.15, 0.2) is 36.5 Å². The molecule has 1 unspecified atom stereocenters. The third-order valence-electron chi connectivity index (χ3n) is 16.6. The fraction of sp³-hybridized carbons (Fsp3) is 0.880. The highest BCUT2D eigenvalue weighted by atomic mass is 16.6. The molecule has 0 saturated heterocycles. The molecule has 0 bridgehead atoms. The van der Waals surface area contributed by atoms with Crippen molar-refractivity contribution in [1.29, 1.82) is 0 Å². The van der Waals surface area contributed by atoms with E-state index in [1.54, 1.807) is 0 Å². The zero-order chi connectivity index (χ0) is 58.5. The lowest BCUT2D eigenvalue weighted by atomic mass is 10.0. The molecule has 0 fully saturated rings. The number of ether oxygens (including phenoxy) is 3. The van der Waals surface area contributed by atoms with Gasteiger partial charge in [0.1, 0.15) is 13.2 Å². The number of carbonyl (C=O) groups excluding carboxylic acids is 3. The molecule has 0 rings (SSSR count). The summed E-state index contributed by atoms with van der Waals surface area (Å²) in [4.78, 5) is 38.5. The molecule has 6 heteroatoms. The van der Waals surface area contributed by atoms with E-state index in [4.69, 9.17) is 14.2 Å². The van der Waals surface area contributed by atoms with Gasteiger partial charge in [-0.15, -0.1) is 0 Å². The summed E-state index contributed by atoms with van der Waals surface area (Å²) in [6.07, 6.45) is 87.4. The summed E-state index contributed by atoms with van der Waals surface area (Å²) < 4.78 is 17.0. The molecule has 0 aromatic rings. The first-order chi connectivity index (χ1) is 40.0. The van der Waals surface area contributed by atoms with Gasteiger partial charge in [-0.3, -0.25) is 14.4 Å². The van der Waals surface area contributed by atoms with Crippen molar-refractivity contribution < 1.29 is 28.6 Å². The lowest BCUT2D eigenvalue weighted by Crippen LogP contribution is -2.30. The largest absolute Gasteiger partial charge is 0.462 e. The third kappa shape index (κ3) is 68.3. The molecule has 0 aromatic heterocycles. The molecule has 0 spiro atoms. The molecule has 0 aliphatic rings. The average Bonchev–Trinajstić information content (AvgIpc) is 3.47. The summed E-state index contributed by atoms with van der Waals surface area (Å²) >= 11 is 0. The van der Waals surface area contributed by atoms with Crippen molar-refractivity contribution in [3.63, 3.8) is 0 Å². The zero-order valence-corrected chi connectivity index (χ0v) is 54.8.